The standard InChI is InChI=1S/C21H24N6O/c1-2-18-23-12-17(13-24-18)21-20(16-6-4-3-5-7-16)25-15-27(21)14-19(28)26-10-8-22-9-11-26/h3-7,12-13,15,22H,2,8-11,14H2,1H3. The van der Waals surface area contributed by atoms with Crippen molar-refractivity contribution in [1.29, 1.82) is 0 Å². The Hall–Kier alpha value is -3.06. The van der Waals surface area contributed by atoms with Crippen LogP contribution in [-0.2, 0) is 17.8 Å². The van der Waals surface area contributed by atoms with E-state index in [2.05, 4.69) is 20.3 Å². The maximum atomic E-state index is 12.8. The molecule has 7 nitrogen and oxygen atoms in total. The van der Waals surface area contributed by atoms with Crippen LogP contribution < -0.4 is 5.32 Å². The van der Waals surface area contributed by atoms with E-state index in [1.165, 1.54) is 0 Å². The largest absolute Gasteiger partial charge is 0.339 e. The highest BCUT2D eigenvalue weighted by molar-refractivity contribution is 5.81. The summed E-state index contributed by atoms with van der Waals surface area (Å²) in [6.07, 6.45) is 6.17. The first-order valence-electron chi connectivity index (χ1n) is 9.66. The van der Waals surface area contributed by atoms with E-state index in [-0.39, 0.29) is 12.5 Å². The van der Waals surface area contributed by atoms with Gasteiger partial charge in [0.05, 0.1) is 17.7 Å². The summed E-state index contributed by atoms with van der Waals surface area (Å²) in [5.74, 6) is 0.902. The van der Waals surface area contributed by atoms with E-state index < -0.39 is 0 Å². The molecule has 1 aromatic carbocycles. The smallest absolute Gasteiger partial charge is 0.242 e. The number of aryl methyl sites for hydroxylation is 1. The molecule has 1 fully saturated rings. The Morgan fingerprint density at radius 1 is 1.04 bits per heavy atom. The number of aromatic nitrogens is 4. The molecule has 0 spiro atoms. The third-order valence-corrected chi connectivity index (χ3v) is 4.96. The van der Waals surface area contributed by atoms with E-state index in [1.807, 2.05) is 59.1 Å². The van der Waals surface area contributed by atoms with Crippen LogP contribution in [0, 0.1) is 0 Å². The zero-order chi connectivity index (χ0) is 19.3. The number of amides is 1. The highest BCUT2D eigenvalue weighted by Crippen LogP contribution is 2.30. The van der Waals surface area contributed by atoms with Gasteiger partial charge in [-0.1, -0.05) is 37.3 Å². The van der Waals surface area contributed by atoms with Gasteiger partial charge in [0.1, 0.15) is 12.4 Å². The van der Waals surface area contributed by atoms with Gasteiger partial charge in [0.2, 0.25) is 5.91 Å². The summed E-state index contributed by atoms with van der Waals surface area (Å²) in [6, 6.07) is 10.00. The average Bonchev–Trinajstić information content (AvgIpc) is 3.18. The van der Waals surface area contributed by atoms with Crippen LogP contribution in [0.15, 0.2) is 49.1 Å². The number of carbonyl (C=O) groups is 1. The van der Waals surface area contributed by atoms with E-state index in [1.54, 1.807) is 6.33 Å². The predicted octanol–water partition coefficient (Wildman–Crippen LogP) is 2.00. The van der Waals surface area contributed by atoms with Crippen molar-refractivity contribution in [2.45, 2.75) is 19.9 Å². The zero-order valence-electron chi connectivity index (χ0n) is 16.0. The van der Waals surface area contributed by atoms with Crippen molar-refractivity contribution in [1.82, 2.24) is 29.7 Å². The minimum Gasteiger partial charge on any atom is -0.339 e. The van der Waals surface area contributed by atoms with Gasteiger partial charge >= 0.3 is 0 Å². The van der Waals surface area contributed by atoms with Gasteiger partial charge in [-0.2, -0.15) is 0 Å². The SMILES string of the molecule is CCc1ncc(-c2c(-c3ccccc3)ncn2CC(=O)N2CCNCC2)cn1. The molecule has 0 bridgehead atoms. The molecule has 3 heterocycles. The molecule has 0 saturated carbocycles. The molecule has 3 aromatic rings. The van der Waals surface area contributed by atoms with Crippen LogP contribution in [0.2, 0.25) is 0 Å². The number of piperazine rings is 1. The fourth-order valence-corrected chi connectivity index (χ4v) is 3.43. The summed E-state index contributed by atoms with van der Waals surface area (Å²) in [7, 11) is 0. The number of nitrogens with zero attached hydrogens (tertiary/aromatic N) is 5. The van der Waals surface area contributed by atoms with Crippen LogP contribution >= 0.6 is 0 Å². The molecule has 1 amide bonds. The summed E-state index contributed by atoms with van der Waals surface area (Å²) in [4.78, 5) is 28.2. The van der Waals surface area contributed by atoms with Crippen molar-refractivity contribution in [3.05, 3.63) is 54.9 Å². The lowest BCUT2D eigenvalue weighted by molar-refractivity contribution is -0.132. The Bertz CT molecular complexity index is 929. The minimum atomic E-state index is 0.103. The molecule has 0 radical (unpaired) electrons. The third-order valence-electron chi connectivity index (χ3n) is 4.96. The minimum absolute atomic E-state index is 0.103. The number of benzene rings is 1. The van der Waals surface area contributed by atoms with Gasteiger partial charge in [-0.15, -0.1) is 0 Å². The normalized spacial score (nSPS) is 14.2. The second kappa shape index (κ2) is 8.31. The maximum Gasteiger partial charge on any atom is 0.242 e. The van der Waals surface area contributed by atoms with Crippen molar-refractivity contribution in [2.75, 3.05) is 26.2 Å². The number of rotatable bonds is 5. The number of nitrogens with one attached hydrogen (secondary N) is 1. The number of hydrogen-bond donors (Lipinski definition) is 1. The third kappa shape index (κ3) is 3.80. The molecular weight excluding hydrogens is 352 g/mol. The molecule has 1 N–H and O–H groups in total. The van der Waals surface area contributed by atoms with Crippen LogP contribution in [0.4, 0.5) is 0 Å². The van der Waals surface area contributed by atoms with Crippen LogP contribution in [0.25, 0.3) is 22.5 Å². The first kappa shape index (κ1) is 18.3. The molecule has 144 valence electrons. The number of carbonyl (C=O) groups excluding carboxylic acids is 1. The molecule has 2 aromatic heterocycles. The van der Waals surface area contributed by atoms with E-state index in [0.717, 1.165) is 60.9 Å². The second-order valence-electron chi connectivity index (χ2n) is 6.81. The summed E-state index contributed by atoms with van der Waals surface area (Å²) in [6.45, 7) is 5.44. The molecule has 4 rings (SSSR count). The molecule has 0 atom stereocenters. The van der Waals surface area contributed by atoms with Crippen molar-refractivity contribution in [3.8, 4) is 22.5 Å². The molecule has 1 aliphatic heterocycles. The Labute approximate surface area is 164 Å². The summed E-state index contributed by atoms with van der Waals surface area (Å²) >= 11 is 0. The maximum absolute atomic E-state index is 12.8. The van der Waals surface area contributed by atoms with Gasteiger partial charge in [0.25, 0.3) is 0 Å². The van der Waals surface area contributed by atoms with Gasteiger partial charge in [-0.05, 0) is 0 Å². The number of hydrogen-bond acceptors (Lipinski definition) is 5. The van der Waals surface area contributed by atoms with Gasteiger partial charge in [-0.25, -0.2) is 15.0 Å². The quantitative estimate of drug-likeness (QED) is 0.737. The zero-order valence-corrected chi connectivity index (χ0v) is 16.0. The second-order valence-corrected chi connectivity index (χ2v) is 6.81. The summed E-state index contributed by atoms with van der Waals surface area (Å²) < 4.78 is 1.91. The van der Waals surface area contributed by atoms with Crippen molar-refractivity contribution < 1.29 is 4.79 Å². The lowest BCUT2D eigenvalue weighted by Crippen LogP contribution is -2.47. The average molecular weight is 376 g/mol. The molecule has 1 aliphatic rings. The van der Waals surface area contributed by atoms with Crippen LogP contribution in [0.1, 0.15) is 12.7 Å². The van der Waals surface area contributed by atoms with E-state index in [9.17, 15) is 4.79 Å². The van der Waals surface area contributed by atoms with Crippen LogP contribution in [0.3, 0.4) is 0 Å². The highest BCUT2D eigenvalue weighted by atomic mass is 16.2. The molecule has 0 aliphatic carbocycles. The monoisotopic (exact) mass is 376 g/mol. The van der Waals surface area contributed by atoms with E-state index in [4.69, 9.17) is 0 Å². The van der Waals surface area contributed by atoms with Gasteiger partial charge < -0.3 is 14.8 Å². The predicted molar refractivity (Wildman–Crippen MR) is 108 cm³/mol. The van der Waals surface area contributed by atoms with E-state index >= 15 is 0 Å². The Morgan fingerprint density at radius 2 is 1.75 bits per heavy atom. The van der Waals surface area contributed by atoms with Crippen LogP contribution in [0.5, 0.6) is 0 Å². The van der Waals surface area contributed by atoms with Gasteiger partial charge in [0, 0.05) is 56.1 Å². The Kier molecular flexibility index (Phi) is 5.43. The van der Waals surface area contributed by atoms with Gasteiger partial charge in [-0.3, -0.25) is 4.79 Å². The highest BCUT2D eigenvalue weighted by Gasteiger charge is 2.21. The summed E-state index contributed by atoms with van der Waals surface area (Å²) in [5.41, 5.74) is 3.58. The number of imidazole rings is 1. The first-order valence-corrected chi connectivity index (χ1v) is 9.66. The lowest BCUT2D eigenvalue weighted by Gasteiger charge is -2.27. The Morgan fingerprint density at radius 3 is 2.43 bits per heavy atom. The lowest BCUT2D eigenvalue weighted by atomic mass is 10.1. The fourth-order valence-electron chi connectivity index (χ4n) is 3.43. The fraction of sp³-hybridized carbons (Fsp3) is 0.333. The van der Waals surface area contributed by atoms with Crippen molar-refractivity contribution >= 4 is 5.91 Å². The first-order chi connectivity index (χ1) is 13.8. The Balaban J connectivity index is 1.71. The topological polar surface area (TPSA) is 75.9 Å². The summed E-state index contributed by atoms with van der Waals surface area (Å²) in [5, 5.41) is 3.28. The molecular formula is C21H24N6O. The van der Waals surface area contributed by atoms with E-state index in [0.29, 0.717) is 0 Å². The van der Waals surface area contributed by atoms with Crippen LogP contribution in [-0.4, -0.2) is 56.5 Å². The molecule has 1 saturated heterocycles. The van der Waals surface area contributed by atoms with Gasteiger partial charge in [0.15, 0.2) is 0 Å². The van der Waals surface area contributed by atoms with Crippen molar-refractivity contribution in [3.63, 3.8) is 0 Å². The molecule has 7 heteroatoms. The molecule has 28 heavy (non-hydrogen) atoms. The molecule has 0 unspecified atom stereocenters. The van der Waals surface area contributed by atoms with Crippen molar-refractivity contribution in [2.24, 2.45) is 0 Å².